The van der Waals surface area contributed by atoms with E-state index in [1.807, 2.05) is 0 Å². The minimum atomic E-state index is 0.561. The zero-order valence-corrected chi connectivity index (χ0v) is 13.6. The quantitative estimate of drug-likeness (QED) is 0.556. The molecule has 2 saturated carbocycles. The Morgan fingerprint density at radius 3 is 1.90 bits per heavy atom. The van der Waals surface area contributed by atoms with Crippen LogP contribution in [0.4, 0.5) is 0 Å². The number of nitrogens with one attached hydrogen (secondary N) is 1. The van der Waals surface area contributed by atoms with Gasteiger partial charge >= 0.3 is 0 Å². The van der Waals surface area contributed by atoms with Crippen LogP contribution in [0.25, 0.3) is 0 Å². The van der Waals surface area contributed by atoms with Gasteiger partial charge in [-0.3, -0.25) is 11.3 Å². The molecule has 2 aliphatic carbocycles. The number of rotatable bonds is 2. The Bertz CT molecular complexity index is 262. The Labute approximate surface area is 126 Å². The molecular formula is C18H36N2. The van der Waals surface area contributed by atoms with Crippen LogP contribution in [0, 0.1) is 11.3 Å². The minimum Gasteiger partial charge on any atom is -0.271 e. The highest BCUT2D eigenvalue weighted by Crippen LogP contribution is 2.48. The highest BCUT2D eigenvalue weighted by Gasteiger charge is 2.36. The van der Waals surface area contributed by atoms with Gasteiger partial charge in [-0.1, -0.05) is 58.3 Å². The first kappa shape index (κ1) is 16.3. The van der Waals surface area contributed by atoms with E-state index in [1.165, 1.54) is 89.9 Å². The molecule has 0 aliphatic heterocycles. The summed E-state index contributed by atoms with van der Waals surface area (Å²) >= 11 is 0. The van der Waals surface area contributed by atoms with Crippen molar-refractivity contribution in [2.45, 2.75) is 103 Å². The Morgan fingerprint density at radius 1 is 0.750 bits per heavy atom. The largest absolute Gasteiger partial charge is 0.271 e. The summed E-state index contributed by atoms with van der Waals surface area (Å²) < 4.78 is 0. The second-order valence-electron chi connectivity index (χ2n) is 7.70. The van der Waals surface area contributed by atoms with Gasteiger partial charge in [0.2, 0.25) is 0 Å². The third-order valence-electron chi connectivity index (χ3n) is 6.18. The highest BCUT2D eigenvalue weighted by atomic mass is 15.2. The minimum absolute atomic E-state index is 0.561. The molecule has 0 radical (unpaired) electrons. The van der Waals surface area contributed by atoms with E-state index in [9.17, 15) is 0 Å². The van der Waals surface area contributed by atoms with E-state index in [2.05, 4.69) is 12.3 Å². The molecule has 2 rings (SSSR count). The molecule has 1 unspecified atom stereocenters. The molecule has 0 aromatic heterocycles. The summed E-state index contributed by atoms with van der Waals surface area (Å²) in [6.45, 7) is 2.59. The molecular weight excluding hydrogens is 244 g/mol. The molecule has 0 bridgehead atoms. The first-order valence-corrected chi connectivity index (χ1v) is 9.21. The SMILES string of the molecule is CC1(C2CCC2)CCCCCCC[C@H](NN)CCCC1. The van der Waals surface area contributed by atoms with Crippen LogP contribution in [0.3, 0.4) is 0 Å². The maximum absolute atomic E-state index is 5.70. The van der Waals surface area contributed by atoms with Gasteiger partial charge in [0.25, 0.3) is 0 Å². The Kier molecular flexibility index (Phi) is 6.83. The van der Waals surface area contributed by atoms with Crippen LogP contribution in [0.2, 0.25) is 0 Å². The zero-order valence-electron chi connectivity index (χ0n) is 13.6. The Hall–Kier alpha value is -0.0800. The van der Waals surface area contributed by atoms with Gasteiger partial charge in [0.1, 0.15) is 0 Å². The fourth-order valence-electron chi connectivity index (χ4n) is 4.32. The van der Waals surface area contributed by atoms with Crippen LogP contribution in [0.15, 0.2) is 0 Å². The molecule has 2 aliphatic rings. The van der Waals surface area contributed by atoms with Crippen LogP contribution >= 0.6 is 0 Å². The van der Waals surface area contributed by atoms with E-state index in [0.29, 0.717) is 11.5 Å². The molecule has 118 valence electrons. The Morgan fingerprint density at radius 2 is 1.30 bits per heavy atom. The van der Waals surface area contributed by atoms with Crippen LogP contribution in [-0.2, 0) is 0 Å². The van der Waals surface area contributed by atoms with E-state index in [-0.39, 0.29) is 0 Å². The van der Waals surface area contributed by atoms with Crippen molar-refractivity contribution < 1.29 is 0 Å². The summed E-state index contributed by atoms with van der Waals surface area (Å²) in [5, 5.41) is 0. The molecule has 0 heterocycles. The maximum Gasteiger partial charge on any atom is 0.0210 e. The summed E-state index contributed by atoms with van der Waals surface area (Å²) in [5.74, 6) is 6.73. The van der Waals surface area contributed by atoms with Gasteiger partial charge in [-0.15, -0.1) is 0 Å². The van der Waals surface area contributed by atoms with Crippen molar-refractivity contribution in [1.29, 1.82) is 0 Å². The first-order valence-electron chi connectivity index (χ1n) is 9.21. The van der Waals surface area contributed by atoms with Crippen LogP contribution < -0.4 is 11.3 Å². The second-order valence-corrected chi connectivity index (χ2v) is 7.70. The first-order chi connectivity index (χ1) is 9.74. The smallest absolute Gasteiger partial charge is 0.0210 e. The monoisotopic (exact) mass is 280 g/mol. The number of nitrogens with two attached hydrogens (primary N) is 1. The Balaban J connectivity index is 1.85. The molecule has 0 aromatic rings. The lowest BCUT2D eigenvalue weighted by atomic mass is 9.62. The summed E-state index contributed by atoms with van der Waals surface area (Å²) in [7, 11) is 0. The van der Waals surface area contributed by atoms with E-state index in [4.69, 9.17) is 5.84 Å². The third-order valence-corrected chi connectivity index (χ3v) is 6.18. The molecule has 3 N–H and O–H groups in total. The number of hydrogen-bond acceptors (Lipinski definition) is 2. The highest BCUT2D eigenvalue weighted by molar-refractivity contribution is 4.87. The van der Waals surface area contributed by atoms with Gasteiger partial charge in [0.15, 0.2) is 0 Å². The van der Waals surface area contributed by atoms with Crippen molar-refractivity contribution in [1.82, 2.24) is 5.43 Å². The normalized spacial score (nSPS) is 35.4. The number of hydrogen-bond donors (Lipinski definition) is 2. The molecule has 2 fully saturated rings. The fourth-order valence-corrected chi connectivity index (χ4v) is 4.32. The maximum atomic E-state index is 5.70. The average molecular weight is 281 g/mol. The molecule has 2 atom stereocenters. The summed E-state index contributed by atoms with van der Waals surface area (Å²) in [4.78, 5) is 0. The molecule has 0 amide bonds. The lowest BCUT2D eigenvalue weighted by Crippen LogP contribution is -2.35. The average Bonchev–Trinajstić information content (AvgIpc) is 2.38. The van der Waals surface area contributed by atoms with Gasteiger partial charge in [0.05, 0.1) is 0 Å². The van der Waals surface area contributed by atoms with Gasteiger partial charge in [-0.2, -0.15) is 0 Å². The predicted molar refractivity (Wildman–Crippen MR) is 87.3 cm³/mol. The molecule has 0 spiro atoms. The van der Waals surface area contributed by atoms with Crippen molar-refractivity contribution >= 4 is 0 Å². The molecule has 2 nitrogen and oxygen atoms in total. The van der Waals surface area contributed by atoms with Crippen molar-refractivity contribution in [2.24, 2.45) is 17.2 Å². The van der Waals surface area contributed by atoms with Crippen LogP contribution in [-0.4, -0.2) is 6.04 Å². The van der Waals surface area contributed by atoms with Crippen molar-refractivity contribution in [3.05, 3.63) is 0 Å². The molecule has 0 aromatic carbocycles. The van der Waals surface area contributed by atoms with Crippen LogP contribution in [0.5, 0.6) is 0 Å². The van der Waals surface area contributed by atoms with Gasteiger partial charge in [-0.25, -0.2) is 0 Å². The van der Waals surface area contributed by atoms with E-state index >= 15 is 0 Å². The van der Waals surface area contributed by atoms with Gasteiger partial charge in [-0.05, 0) is 49.9 Å². The number of hydrazine groups is 1. The van der Waals surface area contributed by atoms with E-state index in [0.717, 1.165) is 5.92 Å². The molecule has 0 saturated heterocycles. The lowest BCUT2D eigenvalue weighted by molar-refractivity contribution is 0.0750. The fraction of sp³-hybridized carbons (Fsp3) is 1.00. The van der Waals surface area contributed by atoms with Crippen molar-refractivity contribution in [3.63, 3.8) is 0 Å². The zero-order chi connectivity index (χ0) is 14.3. The van der Waals surface area contributed by atoms with Crippen LogP contribution in [0.1, 0.15) is 96.8 Å². The summed E-state index contributed by atoms with van der Waals surface area (Å²) in [5.41, 5.74) is 3.69. The summed E-state index contributed by atoms with van der Waals surface area (Å²) in [6.07, 6.45) is 19.8. The van der Waals surface area contributed by atoms with Gasteiger partial charge < -0.3 is 0 Å². The van der Waals surface area contributed by atoms with Gasteiger partial charge in [0, 0.05) is 6.04 Å². The third kappa shape index (κ3) is 4.73. The second kappa shape index (κ2) is 8.38. The molecule has 20 heavy (non-hydrogen) atoms. The van der Waals surface area contributed by atoms with Crippen molar-refractivity contribution in [3.8, 4) is 0 Å². The van der Waals surface area contributed by atoms with Crippen molar-refractivity contribution in [2.75, 3.05) is 0 Å². The topological polar surface area (TPSA) is 38.0 Å². The summed E-state index contributed by atoms with van der Waals surface area (Å²) in [6, 6.07) is 0.561. The molecule has 2 heteroatoms. The predicted octanol–water partition coefficient (Wildman–Crippen LogP) is 4.93. The standard InChI is InChI=1S/C18H36N2/c1-18(16-10-9-11-16)14-7-4-2-3-5-12-17(20-19)13-6-8-15-18/h16-17,20H,2-15,19H2,1H3/t17-,18?/m0/s1. The van der Waals surface area contributed by atoms with E-state index < -0.39 is 0 Å². The lowest BCUT2D eigenvalue weighted by Gasteiger charge is -2.44. The van der Waals surface area contributed by atoms with E-state index in [1.54, 1.807) is 0 Å².